The van der Waals surface area contributed by atoms with Crippen LogP contribution in [0.2, 0.25) is 0 Å². The van der Waals surface area contributed by atoms with Gasteiger partial charge in [0, 0.05) is 0 Å². The first-order valence-corrected chi connectivity index (χ1v) is 14.6. The van der Waals surface area contributed by atoms with E-state index in [1.807, 2.05) is 24.3 Å². The average molecular weight is 507 g/mol. The summed E-state index contributed by atoms with van der Waals surface area (Å²) in [7, 11) is 3.40. The van der Waals surface area contributed by atoms with Crippen LogP contribution in [0.25, 0.3) is 0 Å². The van der Waals surface area contributed by atoms with Gasteiger partial charge in [-0.05, 0) is 74.2 Å². The fourth-order valence-corrected chi connectivity index (χ4v) is 5.13. The molecule has 204 valence electrons. The second kappa shape index (κ2) is 18.7. The van der Waals surface area contributed by atoms with Crippen LogP contribution in [0.15, 0.2) is 48.5 Å². The number of nitrogens with zero attached hydrogens (tertiary/aromatic N) is 1. The molecule has 37 heavy (non-hydrogen) atoms. The highest BCUT2D eigenvalue weighted by Crippen LogP contribution is 2.36. The standard InChI is InChI=1S/C33H50N2O2/c1-4-5-6-7-8-9-10-11-12-13-22-33(28-34,30-18-15-20-32(27-30)37-3)23-16-24-35-25-21-29-17-14-19-31(26-29)36-2/h14-15,17-20,26-27,35H,4-13,16,21-25H2,1-3H3. The molecule has 0 heterocycles. The van der Waals surface area contributed by atoms with E-state index in [-0.39, 0.29) is 0 Å². The number of ether oxygens (including phenoxy) is 2. The van der Waals surface area contributed by atoms with Crippen molar-refractivity contribution in [3.8, 4) is 17.6 Å². The maximum Gasteiger partial charge on any atom is 0.119 e. The van der Waals surface area contributed by atoms with Gasteiger partial charge < -0.3 is 14.8 Å². The number of methoxy groups -OCH3 is 2. The van der Waals surface area contributed by atoms with E-state index in [1.54, 1.807) is 14.2 Å². The third-order valence-electron chi connectivity index (χ3n) is 7.48. The van der Waals surface area contributed by atoms with Gasteiger partial charge in [-0.1, -0.05) is 95.4 Å². The van der Waals surface area contributed by atoms with Crippen LogP contribution in [-0.2, 0) is 11.8 Å². The van der Waals surface area contributed by atoms with Crippen molar-refractivity contribution in [1.82, 2.24) is 5.32 Å². The van der Waals surface area contributed by atoms with E-state index in [1.165, 1.54) is 63.4 Å². The van der Waals surface area contributed by atoms with E-state index in [9.17, 15) is 5.26 Å². The Morgan fingerprint density at radius 3 is 1.97 bits per heavy atom. The summed E-state index contributed by atoms with van der Waals surface area (Å²) in [6.07, 6.45) is 16.8. The van der Waals surface area contributed by atoms with E-state index in [0.29, 0.717) is 0 Å². The van der Waals surface area contributed by atoms with Crippen molar-refractivity contribution in [2.75, 3.05) is 27.3 Å². The van der Waals surface area contributed by atoms with Crippen LogP contribution in [0, 0.1) is 11.3 Å². The summed E-state index contributed by atoms with van der Waals surface area (Å²) < 4.78 is 10.8. The van der Waals surface area contributed by atoms with Gasteiger partial charge in [-0.2, -0.15) is 5.26 Å². The second-order valence-corrected chi connectivity index (χ2v) is 10.3. The number of hydrogen-bond donors (Lipinski definition) is 1. The highest BCUT2D eigenvalue weighted by Gasteiger charge is 2.31. The molecule has 1 unspecified atom stereocenters. The van der Waals surface area contributed by atoms with Crippen LogP contribution in [0.5, 0.6) is 11.5 Å². The number of nitrogens with one attached hydrogen (secondary N) is 1. The fourth-order valence-electron chi connectivity index (χ4n) is 5.13. The van der Waals surface area contributed by atoms with Gasteiger partial charge in [0.05, 0.1) is 25.7 Å². The molecule has 0 fully saturated rings. The Bertz CT molecular complexity index is 907. The molecule has 2 rings (SSSR count). The summed E-state index contributed by atoms with van der Waals surface area (Å²) in [5.74, 6) is 1.73. The zero-order valence-corrected chi connectivity index (χ0v) is 23.7. The van der Waals surface area contributed by atoms with Gasteiger partial charge in [0.1, 0.15) is 11.5 Å². The molecule has 2 aromatic rings. The van der Waals surface area contributed by atoms with E-state index >= 15 is 0 Å². The summed E-state index contributed by atoms with van der Waals surface area (Å²) in [5, 5.41) is 14.0. The Morgan fingerprint density at radius 1 is 0.730 bits per heavy atom. The van der Waals surface area contributed by atoms with E-state index < -0.39 is 5.41 Å². The van der Waals surface area contributed by atoms with Gasteiger partial charge in [0.25, 0.3) is 0 Å². The quantitative estimate of drug-likeness (QED) is 0.173. The molecular weight excluding hydrogens is 456 g/mol. The summed E-state index contributed by atoms with van der Waals surface area (Å²) in [6.45, 7) is 4.10. The van der Waals surface area contributed by atoms with Crippen LogP contribution >= 0.6 is 0 Å². The number of unbranched alkanes of at least 4 members (excludes halogenated alkanes) is 9. The maximum atomic E-state index is 10.4. The van der Waals surface area contributed by atoms with Crippen molar-refractivity contribution in [3.63, 3.8) is 0 Å². The minimum absolute atomic E-state index is 0.455. The fraction of sp³-hybridized carbons (Fsp3) is 0.606. The maximum absolute atomic E-state index is 10.4. The zero-order chi connectivity index (χ0) is 26.6. The second-order valence-electron chi connectivity index (χ2n) is 10.3. The normalized spacial score (nSPS) is 12.6. The predicted molar refractivity (Wildman–Crippen MR) is 156 cm³/mol. The minimum atomic E-state index is -0.455. The third kappa shape index (κ3) is 11.6. The molecule has 0 aliphatic carbocycles. The molecule has 1 N–H and O–H groups in total. The Hall–Kier alpha value is -2.51. The molecule has 0 saturated carbocycles. The van der Waals surface area contributed by atoms with Gasteiger partial charge in [0.15, 0.2) is 0 Å². The molecule has 0 aliphatic heterocycles. The van der Waals surface area contributed by atoms with Crippen molar-refractivity contribution >= 4 is 0 Å². The summed E-state index contributed by atoms with van der Waals surface area (Å²) >= 11 is 0. The van der Waals surface area contributed by atoms with Gasteiger partial charge in [-0.15, -0.1) is 0 Å². The molecule has 0 aromatic heterocycles. The SMILES string of the molecule is CCCCCCCCCCCCC(C#N)(CCCNCCc1cccc(OC)c1)c1cccc(OC)c1. The van der Waals surface area contributed by atoms with Crippen molar-refractivity contribution in [3.05, 3.63) is 59.7 Å². The molecule has 0 spiro atoms. The van der Waals surface area contributed by atoms with Crippen molar-refractivity contribution < 1.29 is 9.47 Å². The minimum Gasteiger partial charge on any atom is -0.497 e. The van der Waals surface area contributed by atoms with Crippen molar-refractivity contribution in [2.24, 2.45) is 0 Å². The first-order chi connectivity index (χ1) is 18.2. The lowest BCUT2D eigenvalue weighted by molar-refractivity contribution is 0.400. The number of benzene rings is 2. The van der Waals surface area contributed by atoms with Crippen LogP contribution in [0.4, 0.5) is 0 Å². The Morgan fingerprint density at radius 2 is 1.32 bits per heavy atom. The van der Waals surface area contributed by atoms with Crippen LogP contribution in [0.3, 0.4) is 0 Å². The lowest BCUT2D eigenvalue weighted by atomic mass is 9.74. The Labute approximate surface area is 226 Å². The van der Waals surface area contributed by atoms with E-state index in [4.69, 9.17) is 9.47 Å². The molecule has 2 aromatic carbocycles. The molecule has 0 aliphatic rings. The van der Waals surface area contributed by atoms with Crippen molar-refractivity contribution in [1.29, 1.82) is 5.26 Å². The molecule has 4 nitrogen and oxygen atoms in total. The van der Waals surface area contributed by atoms with Gasteiger partial charge >= 0.3 is 0 Å². The van der Waals surface area contributed by atoms with Crippen molar-refractivity contribution in [2.45, 2.75) is 102 Å². The third-order valence-corrected chi connectivity index (χ3v) is 7.48. The van der Waals surface area contributed by atoms with Gasteiger partial charge in [-0.3, -0.25) is 0 Å². The summed E-state index contributed by atoms with van der Waals surface area (Å²) in [4.78, 5) is 0. The molecule has 0 radical (unpaired) electrons. The first-order valence-electron chi connectivity index (χ1n) is 14.6. The molecule has 4 heteroatoms. The monoisotopic (exact) mass is 506 g/mol. The predicted octanol–water partition coefficient (Wildman–Crippen LogP) is 8.39. The lowest BCUT2D eigenvalue weighted by Gasteiger charge is -2.28. The molecule has 1 atom stereocenters. The summed E-state index contributed by atoms with van der Waals surface area (Å²) in [5.41, 5.74) is 1.92. The average Bonchev–Trinajstić information content (AvgIpc) is 2.95. The number of nitriles is 1. The first kappa shape index (κ1) is 30.7. The largest absolute Gasteiger partial charge is 0.497 e. The molecule has 0 amide bonds. The molecule has 0 bridgehead atoms. The zero-order valence-electron chi connectivity index (χ0n) is 23.7. The molecular formula is C33H50N2O2. The van der Waals surface area contributed by atoms with E-state index in [0.717, 1.165) is 62.3 Å². The summed E-state index contributed by atoms with van der Waals surface area (Å²) in [6, 6.07) is 19.2. The number of hydrogen-bond acceptors (Lipinski definition) is 4. The Kier molecular flexibility index (Phi) is 15.5. The van der Waals surface area contributed by atoms with Crippen LogP contribution < -0.4 is 14.8 Å². The van der Waals surface area contributed by atoms with Crippen LogP contribution in [-0.4, -0.2) is 27.3 Å². The Balaban J connectivity index is 1.82. The van der Waals surface area contributed by atoms with Crippen LogP contribution in [0.1, 0.15) is 102 Å². The number of rotatable bonds is 21. The lowest BCUT2D eigenvalue weighted by Crippen LogP contribution is -2.27. The van der Waals surface area contributed by atoms with E-state index in [2.05, 4.69) is 42.6 Å². The molecule has 0 saturated heterocycles. The highest BCUT2D eigenvalue weighted by atomic mass is 16.5. The highest BCUT2D eigenvalue weighted by molar-refractivity contribution is 5.38. The topological polar surface area (TPSA) is 54.3 Å². The smallest absolute Gasteiger partial charge is 0.119 e. The van der Waals surface area contributed by atoms with Gasteiger partial charge in [-0.25, -0.2) is 0 Å². The van der Waals surface area contributed by atoms with Gasteiger partial charge in [0.2, 0.25) is 0 Å².